The number of benzene rings is 2. The number of aliphatic hydroxyl groups excluding tert-OH is 1. The van der Waals surface area contributed by atoms with E-state index in [0.29, 0.717) is 23.1 Å². The summed E-state index contributed by atoms with van der Waals surface area (Å²) in [6.45, 7) is 5.67. The molecule has 0 saturated carbocycles. The summed E-state index contributed by atoms with van der Waals surface area (Å²) in [5.41, 5.74) is 2.56. The summed E-state index contributed by atoms with van der Waals surface area (Å²) in [4.78, 5) is 21.0. The monoisotopic (exact) mass is 433 g/mol. The smallest absolute Gasteiger partial charge is 0.227 e. The third kappa shape index (κ3) is 5.58. The molecule has 0 aliphatic carbocycles. The number of aliphatic hydroxyl groups is 1. The van der Waals surface area contributed by atoms with Crippen LogP contribution in [0.4, 0.5) is 5.69 Å². The van der Waals surface area contributed by atoms with Crippen LogP contribution in [-0.2, 0) is 11.2 Å². The van der Waals surface area contributed by atoms with E-state index >= 15 is 0 Å². The Morgan fingerprint density at radius 1 is 1.31 bits per heavy atom. The van der Waals surface area contributed by atoms with Gasteiger partial charge in [-0.2, -0.15) is 0 Å². The quantitative estimate of drug-likeness (QED) is 0.667. The molecule has 0 unspecified atom stereocenters. The number of nitrogens with zero attached hydrogens (tertiary/aromatic N) is 3. The second-order valence-electron chi connectivity index (χ2n) is 7.40. The van der Waals surface area contributed by atoms with E-state index in [2.05, 4.69) is 16.6 Å². The number of carbonyl (C=O) groups is 1. The van der Waals surface area contributed by atoms with Crippen LogP contribution in [0.3, 0.4) is 0 Å². The zero-order valence-electron chi connectivity index (χ0n) is 16.4. The molecule has 1 aliphatic rings. The minimum Gasteiger partial charge on any atom is -0.392 e. The first-order valence-electron chi connectivity index (χ1n) is 9.54. The van der Waals surface area contributed by atoms with E-state index in [0.717, 1.165) is 29.8 Å². The molecule has 29 heavy (non-hydrogen) atoms. The van der Waals surface area contributed by atoms with Crippen molar-refractivity contribution in [1.82, 2.24) is 9.80 Å². The average Bonchev–Trinajstić information content (AvgIpc) is 3.13. The fraction of sp³-hybridized carbons (Fsp3) is 0.364. The Labute approximate surface area is 181 Å². The van der Waals surface area contributed by atoms with Gasteiger partial charge in [0.1, 0.15) is 0 Å². The van der Waals surface area contributed by atoms with Gasteiger partial charge in [-0.25, -0.2) is 0 Å². The molecule has 2 aromatic carbocycles. The van der Waals surface area contributed by atoms with Crippen LogP contribution in [0.1, 0.15) is 23.6 Å². The maximum absolute atomic E-state index is 13.1. The van der Waals surface area contributed by atoms with E-state index in [9.17, 15) is 9.90 Å². The molecule has 3 rings (SSSR count). The lowest BCUT2D eigenvalue weighted by Gasteiger charge is -2.32. The van der Waals surface area contributed by atoms with Gasteiger partial charge in [0.05, 0.1) is 34.3 Å². The molecule has 5 nitrogen and oxygen atoms in total. The fourth-order valence-electron chi connectivity index (χ4n) is 3.63. The topological polar surface area (TPSA) is 56.1 Å². The summed E-state index contributed by atoms with van der Waals surface area (Å²) >= 11 is 12.1. The molecule has 1 fully saturated rings. The summed E-state index contributed by atoms with van der Waals surface area (Å²) in [5.74, 6) is -0.0231. The van der Waals surface area contributed by atoms with Crippen LogP contribution in [0.2, 0.25) is 10.0 Å². The van der Waals surface area contributed by atoms with Gasteiger partial charge in [0.15, 0.2) is 0 Å². The molecule has 2 atom stereocenters. The molecule has 7 heteroatoms. The zero-order valence-corrected chi connectivity index (χ0v) is 17.9. The van der Waals surface area contributed by atoms with Gasteiger partial charge < -0.3 is 10.0 Å². The Morgan fingerprint density at radius 3 is 2.76 bits per heavy atom. The number of likely N-dealkylation sites (N-methyl/N-ethyl adjacent to an activating group) is 1. The molecule has 154 valence electrons. The molecule has 0 aromatic heterocycles. The highest BCUT2D eigenvalue weighted by atomic mass is 35.5. The third-order valence-corrected chi connectivity index (χ3v) is 6.06. The Hall–Kier alpha value is -1.92. The van der Waals surface area contributed by atoms with Crippen molar-refractivity contribution < 1.29 is 9.90 Å². The summed E-state index contributed by atoms with van der Waals surface area (Å²) < 4.78 is 0. The van der Waals surface area contributed by atoms with Crippen LogP contribution in [0, 0.1) is 0 Å². The van der Waals surface area contributed by atoms with Crippen molar-refractivity contribution in [3.8, 4) is 0 Å². The zero-order chi connectivity index (χ0) is 21.0. The summed E-state index contributed by atoms with van der Waals surface area (Å²) in [6.07, 6.45) is 0.669. The molecule has 0 spiro atoms. The van der Waals surface area contributed by atoms with E-state index in [1.807, 2.05) is 37.4 Å². The van der Waals surface area contributed by atoms with Gasteiger partial charge in [0, 0.05) is 26.7 Å². The van der Waals surface area contributed by atoms with E-state index in [1.165, 1.54) is 0 Å². The largest absolute Gasteiger partial charge is 0.392 e. The second kappa shape index (κ2) is 9.72. The summed E-state index contributed by atoms with van der Waals surface area (Å²) in [6, 6.07) is 12.8. The van der Waals surface area contributed by atoms with E-state index in [1.54, 1.807) is 17.0 Å². The van der Waals surface area contributed by atoms with Crippen LogP contribution >= 0.6 is 23.2 Å². The van der Waals surface area contributed by atoms with Crippen molar-refractivity contribution >= 4 is 41.5 Å². The predicted molar refractivity (Wildman–Crippen MR) is 118 cm³/mol. The minimum atomic E-state index is -0.311. The van der Waals surface area contributed by atoms with Crippen LogP contribution in [0.25, 0.3) is 0 Å². The molecule has 2 aromatic rings. The molecular formula is C22H25Cl2N3O2. The van der Waals surface area contributed by atoms with Crippen LogP contribution in [-0.4, -0.2) is 60.3 Å². The molecule has 1 amide bonds. The van der Waals surface area contributed by atoms with Crippen molar-refractivity contribution in [1.29, 1.82) is 0 Å². The lowest BCUT2D eigenvalue weighted by molar-refractivity contribution is -0.131. The van der Waals surface area contributed by atoms with Gasteiger partial charge in [-0.3, -0.25) is 14.7 Å². The predicted octanol–water partition coefficient (Wildman–Crippen LogP) is 4.13. The number of hydrogen-bond acceptors (Lipinski definition) is 4. The number of hydrogen-bond donors (Lipinski definition) is 1. The normalized spacial score (nSPS) is 17.9. The molecule has 0 bridgehead atoms. The Kier molecular flexibility index (Phi) is 7.30. The minimum absolute atomic E-state index is 0.0231. The summed E-state index contributed by atoms with van der Waals surface area (Å²) in [7, 11) is 1.81. The number of aliphatic imine (C=N–C) groups is 1. The van der Waals surface area contributed by atoms with Crippen LogP contribution in [0.5, 0.6) is 0 Å². The molecule has 1 N–H and O–H groups in total. The lowest BCUT2D eigenvalue weighted by atomic mass is 10.0. The van der Waals surface area contributed by atoms with Gasteiger partial charge in [-0.05, 0) is 48.5 Å². The molecule has 1 heterocycles. The number of rotatable bonds is 7. The van der Waals surface area contributed by atoms with E-state index in [4.69, 9.17) is 23.2 Å². The Morgan fingerprint density at radius 2 is 2.10 bits per heavy atom. The first-order chi connectivity index (χ1) is 13.9. The van der Waals surface area contributed by atoms with Crippen molar-refractivity contribution in [2.45, 2.75) is 25.0 Å². The standard InChI is InChI=1S/C22H25Cl2N3O2/c1-25-17-5-3-4-16(12-17)21(14-27-9-8-18(28)13-27)26(2)22(29)11-15-6-7-19(23)20(24)10-15/h3-7,10,12,18,21,28H,1,8-9,11,13-14H2,2H3/t18-,21+/m0/s1. The first kappa shape index (κ1) is 21.8. The third-order valence-electron chi connectivity index (χ3n) is 5.32. The highest BCUT2D eigenvalue weighted by Crippen LogP contribution is 2.28. The number of likely N-dealkylation sites (tertiary alicyclic amines) is 1. The molecule has 0 radical (unpaired) electrons. The highest BCUT2D eigenvalue weighted by molar-refractivity contribution is 6.42. The number of halogens is 2. The first-order valence-corrected chi connectivity index (χ1v) is 10.3. The van der Waals surface area contributed by atoms with E-state index < -0.39 is 0 Å². The van der Waals surface area contributed by atoms with Crippen LogP contribution < -0.4 is 0 Å². The lowest BCUT2D eigenvalue weighted by Crippen LogP contribution is -2.39. The van der Waals surface area contributed by atoms with Gasteiger partial charge in [-0.15, -0.1) is 0 Å². The molecule has 1 saturated heterocycles. The van der Waals surface area contributed by atoms with E-state index in [-0.39, 0.29) is 24.5 Å². The van der Waals surface area contributed by atoms with Gasteiger partial charge >= 0.3 is 0 Å². The summed E-state index contributed by atoms with van der Waals surface area (Å²) in [5, 5.41) is 10.8. The average molecular weight is 434 g/mol. The SMILES string of the molecule is C=Nc1cccc([C@@H](CN2CC[C@H](O)C2)N(C)C(=O)Cc2ccc(Cl)c(Cl)c2)c1. The maximum atomic E-state index is 13.1. The number of carbonyl (C=O) groups excluding carboxylic acids is 1. The van der Waals surface area contributed by atoms with Gasteiger partial charge in [0.2, 0.25) is 5.91 Å². The maximum Gasteiger partial charge on any atom is 0.227 e. The van der Waals surface area contributed by atoms with Gasteiger partial charge in [0.25, 0.3) is 0 Å². The second-order valence-corrected chi connectivity index (χ2v) is 8.22. The van der Waals surface area contributed by atoms with Crippen molar-refractivity contribution in [3.63, 3.8) is 0 Å². The van der Waals surface area contributed by atoms with Crippen molar-refractivity contribution in [3.05, 3.63) is 63.6 Å². The van der Waals surface area contributed by atoms with Crippen LogP contribution in [0.15, 0.2) is 47.5 Å². The number of β-amino-alcohol motifs (C(OH)–C–C–N with tert-alkyl or cyclic N) is 1. The highest BCUT2D eigenvalue weighted by Gasteiger charge is 2.28. The Bertz CT molecular complexity index is 890. The van der Waals surface area contributed by atoms with Crippen molar-refractivity contribution in [2.75, 3.05) is 26.7 Å². The van der Waals surface area contributed by atoms with Gasteiger partial charge in [-0.1, -0.05) is 41.4 Å². The Balaban J connectivity index is 1.81. The van der Waals surface area contributed by atoms with Crippen molar-refractivity contribution in [2.24, 2.45) is 4.99 Å². The number of amides is 1. The molecule has 1 aliphatic heterocycles. The molecular weight excluding hydrogens is 409 g/mol. The fourth-order valence-corrected chi connectivity index (χ4v) is 3.95.